The molecule has 0 radical (unpaired) electrons. The fourth-order valence-corrected chi connectivity index (χ4v) is 1.83. The highest BCUT2D eigenvalue weighted by Crippen LogP contribution is 2.36. The van der Waals surface area contributed by atoms with E-state index in [4.69, 9.17) is 0 Å². The summed E-state index contributed by atoms with van der Waals surface area (Å²) in [5.41, 5.74) is -1.93. The first kappa shape index (κ1) is 13.5. The van der Waals surface area contributed by atoms with Crippen LogP contribution in [0, 0.1) is 10.1 Å². The van der Waals surface area contributed by atoms with Gasteiger partial charge >= 0.3 is 6.18 Å². The molecule has 1 aromatic carbocycles. The van der Waals surface area contributed by atoms with E-state index in [1.54, 1.807) is 0 Å². The van der Waals surface area contributed by atoms with Crippen molar-refractivity contribution in [3.8, 4) is 5.69 Å². The van der Waals surface area contributed by atoms with E-state index in [9.17, 15) is 23.3 Å². The molecule has 0 N–H and O–H groups in total. The zero-order valence-corrected chi connectivity index (χ0v) is 10.6. The Hall–Kier alpha value is -1.90. The SMILES string of the molecule is O=[N+]([O-])c1ccc(-n2cnc(Br)c2)c(C(F)(F)F)c1. The Morgan fingerprint density at radius 2 is 2.05 bits per heavy atom. The zero-order chi connectivity index (χ0) is 14.2. The van der Waals surface area contributed by atoms with Crippen LogP contribution < -0.4 is 0 Å². The number of benzene rings is 1. The van der Waals surface area contributed by atoms with Crippen molar-refractivity contribution in [2.75, 3.05) is 0 Å². The van der Waals surface area contributed by atoms with Crippen LogP contribution in [0.15, 0.2) is 35.3 Å². The van der Waals surface area contributed by atoms with Gasteiger partial charge in [-0.3, -0.25) is 10.1 Å². The molecule has 0 unspecified atom stereocenters. The minimum Gasteiger partial charge on any atom is -0.304 e. The minimum atomic E-state index is -4.70. The molecule has 100 valence electrons. The van der Waals surface area contributed by atoms with Gasteiger partial charge in [-0.15, -0.1) is 0 Å². The Kier molecular flexibility index (Phi) is 3.31. The largest absolute Gasteiger partial charge is 0.418 e. The number of nitrogens with zero attached hydrogens (tertiary/aromatic N) is 3. The molecule has 0 amide bonds. The second-order valence-corrected chi connectivity index (χ2v) is 4.37. The van der Waals surface area contributed by atoms with Crippen molar-refractivity contribution < 1.29 is 18.1 Å². The van der Waals surface area contributed by atoms with Gasteiger partial charge < -0.3 is 4.57 Å². The summed E-state index contributed by atoms with van der Waals surface area (Å²) in [6, 6.07) is 2.55. The van der Waals surface area contributed by atoms with Gasteiger partial charge in [0.25, 0.3) is 5.69 Å². The van der Waals surface area contributed by atoms with Crippen molar-refractivity contribution in [2.45, 2.75) is 6.18 Å². The number of imidazole rings is 1. The minimum absolute atomic E-state index is 0.226. The molecule has 0 saturated heterocycles. The standard InChI is InChI=1S/C10H5BrF3N3O2/c11-9-4-16(5-15-9)8-2-1-6(17(18)19)3-7(8)10(12,13)14/h1-5H. The van der Waals surface area contributed by atoms with Crippen LogP contribution in [0.5, 0.6) is 0 Å². The van der Waals surface area contributed by atoms with E-state index in [1.165, 1.54) is 12.5 Å². The monoisotopic (exact) mass is 335 g/mol. The fourth-order valence-electron chi connectivity index (χ4n) is 1.52. The smallest absolute Gasteiger partial charge is 0.304 e. The summed E-state index contributed by atoms with van der Waals surface area (Å²) in [5.74, 6) is 0. The van der Waals surface area contributed by atoms with Gasteiger partial charge in [-0.2, -0.15) is 13.2 Å². The number of nitro benzene ring substituents is 1. The maximum absolute atomic E-state index is 12.9. The lowest BCUT2D eigenvalue weighted by Gasteiger charge is -2.12. The summed E-state index contributed by atoms with van der Waals surface area (Å²) in [7, 11) is 0. The van der Waals surface area contributed by atoms with Gasteiger partial charge in [-0.05, 0) is 22.0 Å². The van der Waals surface area contributed by atoms with E-state index in [-0.39, 0.29) is 5.69 Å². The Morgan fingerprint density at radius 3 is 2.53 bits per heavy atom. The number of halogens is 4. The van der Waals surface area contributed by atoms with Crippen LogP contribution in [-0.2, 0) is 6.18 Å². The second kappa shape index (κ2) is 4.65. The summed E-state index contributed by atoms with van der Waals surface area (Å²) >= 11 is 3.02. The van der Waals surface area contributed by atoms with Gasteiger partial charge in [0.2, 0.25) is 0 Å². The predicted molar refractivity (Wildman–Crippen MR) is 62.9 cm³/mol. The average molecular weight is 336 g/mol. The third-order valence-electron chi connectivity index (χ3n) is 2.33. The highest BCUT2D eigenvalue weighted by atomic mass is 79.9. The molecule has 0 atom stereocenters. The molecule has 9 heteroatoms. The van der Waals surface area contributed by atoms with E-state index >= 15 is 0 Å². The number of non-ortho nitro benzene ring substituents is 1. The van der Waals surface area contributed by atoms with Crippen LogP contribution in [0.2, 0.25) is 0 Å². The molecule has 2 rings (SSSR count). The maximum atomic E-state index is 12.9. The summed E-state index contributed by atoms with van der Waals surface area (Å²) < 4.78 is 40.2. The number of alkyl halides is 3. The maximum Gasteiger partial charge on any atom is 0.418 e. The van der Waals surface area contributed by atoms with E-state index in [1.807, 2.05) is 0 Å². The molecular formula is C10H5BrF3N3O2. The quantitative estimate of drug-likeness (QED) is 0.622. The van der Waals surface area contributed by atoms with E-state index in [0.717, 1.165) is 16.7 Å². The lowest BCUT2D eigenvalue weighted by Crippen LogP contribution is -2.10. The topological polar surface area (TPSA) is 61.0 Å². The van der Waals surface area contributed by atoms with Crippen LogP contribution >= 0.6 is 15.9 Å². The van der Waals surface area contributed by atoms with Gasteiger partial charge in [0.05, 0.1) is 16.2 Å². The zero-order valence-electron chi connectivity index (χ0n) is 9.06. The molecule has 0 spiro atoms. The van der Waals surface area contributed by atoms with Crippen molar-refractivity contribution in [3.05, 3.63) is 51.0 Å². The molecule has 2 aromatic rings. The summed E-state index contributed by atoms with van der Waals surface area (Å²) in [6.45, 7) is 0. The number of hydrogen-bond donors (Lipinski definition) is 0. The van der Waals surface area contributed by atoms with Crippen molar-refractivity contribution in [3.63, 3.8) is 0 Å². The molecule has 0 saturated carbocycles. The Morgan fingerprint density at radius 1 is 1.37 bits per heavy atom. The molecule has 5 nitrogen and oxygen atoms in total. The fraction of sp³-hybridized carbons (Fsp3) is 0.100. The van der Waals surface area contributed by atoms with E-state index in [2.05, 4.69) is 20.9 Å². The summed E-state index contributed by atoms with van der Waals surface area (Å²) in [6.07, 6.45) is -2.19. The molecule has 0 aliphatic rings. The second-order valence-electron chi connectivity index (χ2n) is 3.56. The molecule has 0 fully saturated rings. The molecular weight excluding hydrogens is 331 g/mol. The lowest BCUT2D eigenvalue weighted by molar-refractivity contribution is -0.385. The highest BCUT2D eigenvalue weighted by molar-refractivity contribution is 9.10. The Bertz CT molecular complexity index is 639. The van der Waals surface area contributed by atoms with Gasteiger partial charge in [0.1, 0.15) is 10.9 Å². The molecule has 1 heterocycles. The van der Waals surface area contributed by atoms with Crippen molar-refractivity contribution in [1.29, 1.82) is 0 Å². The molecule has 19 heavy (non-hydrogen) atoms. The number of rotatable bonds is 2. The first-order valence-electron chi connectivity index (χ1n) is 4.84. The van der Waals surface area contributed by atoms with Crippen LogP contribution in [0.25, 0.3) is 5.69 Å². The van der Waals surface area contributed by atoms with Crippen LogP contribution in [0.4, 0.5) is 18.9 Å². The highest BCUT2D eigenvalue weighted by Gasteiger charge is 2.35. The predicted octanol–water partition coefficient (Wildman–Crippen LogP) is 3.56. The van der Waals surface area contributed by atoms with E-state index < -0.39 is 22.4 Å². The molecule has 0 aliphatic carbocycles. The Labute approximate surface area is 113 Å². The van der Waals surface area contributed by atoms with Crippen LogP contribution in [-0.4, -0.2) is 14.5 Å². The third-order valence-corrected chi connectivity index (χ3v) is 2.74. The van der Waals surface area contributed by atoms with E-state index in [0.29, 0.717) is 10.7 Å². The number of hydrogen-bond acceptors (Lipinski definition) is 3. The van der Waals surface area contributed by atoms with Gasteiger partial charge in [0.15, 0.2) is 0 Å². The Balaban J connectivity index is 2.64. The summed E-state index contributed by atoms with van der Waals surface area (Å²) in [4.78, 5) is 13.4. The molecule has 0 aliphatic heterocycles. The van der Waals surface area contributed by atoms with Crippen molar-refractivity contribution in [2.24, 2.45) is 0 Å². The average Bonchev–Trinajstić information content (AvgIpc) is 2.73. The van der Waals surface area contributed by atoms with Gasteiger partial charge in [0, 0.05) is 18.3 Å². The van der Waals surface area contributed by atoms with Gasteiger partial charge in [-0.25, -0.2) is 4.98 Å². The van der Waals surface area contributed by atoms with Crippen LogP contribution in [0.3, 0.4) is 0 Å². The van der Waals surface area contributed by atoms with Crippen LogP contribution in [0.1, 0.15) is 5.56 Å². The normalized spacial score (nSPS) is 11.6. The molecule has 0 bridgehead atoms. The van der Waals surface area contributed by atoms with Gasteiger partial charge in [-0.1, -0.05) is 0 Å². The summed E-state index contributed by atoms with van der Waals surface area (Å²) in [5, 5.41) is 10.5. The lowest BCUT2D eigenvalue weighted by atomic mass is 10.1. The first-order valence-corrected chi connectivity index (χ1v) is 5.64. The van der Waals surface area contributed by atoms with Crippen molar-refractivity contribution in [1.82, 2.24) is 9.55 Å². The molecule has 1 aromatic heterocycles. The van der Waals surface area contributed by atoms with Crippen molar-refractivity contribution >= 4 is 21.6 Å². The third kappa shape index (κ3) is 2.75. The first-order chi connectivity index (χ1) is 8.79. The number of nitro groups is 1. The number of aromatic nitrogens is 2.